The van der Waals surface area contributed by atoms with Crippen LogP contribution < -0.4 is 10.1 Å². The lowest BCUT2D eigenvalue weighted by molar-refractivity contribution is 0.413. The summed E-state index contributed by atoms with van der Waals surface area (Å²) in [4.78, 5) is 4.18. The first-order chi connectivity index (χ1) is 9.74. The van der Waals surface area contributed by atoms with Crippen molar-refractivity contribution in [2.45, 2.75) is 32.4 Å². The molecule has 0 saturated heterocycles. The highest BCUT2D eigenvalue weighted by molar-refractivity contribution is 5.29. The number of pyridine rings is 1. The molecule has 2 unspecified atom stereocenters. The van der Waals surface area contributed by atoms with Gasteiger partial charge in [-0.1, -0.05) is 25.1 Å². The van der Waals surface area contributed by atoms with Crippen molar-refractivity contribution < 1.29 is 4.74 Å². The monoisotopic (exact) mass is 270 g/mol. The van der Waals surface area contributed by atoms with Crippen molar-refractivity contribution in [1.29, 1.82) is 0 Å². The number of hydrogen-bond acceptors (Lipinski definition) is 3. The summed E-state index contributed by atoms with van der Waals surface area (Å²) < 4.78 is 5.20. The topological polar surface area (TPSA) is 34.2 Å². The van der Waals surface area contributed by atoms with Gasteiger partial charge in [-0.3, -0.25) is 4.98 Å². The number of ether oxygens (including phenoxy) is 1. The van der Waals surface area contributed by atoms with E-state index in [0.29, 0.717) is 6.04 Å². The molecule has 0 saturated carbocycles. The molecule has 3 nitrogen and oxygen atoms in total. The van der Waals surface area contributed by atoms with Gasteiger partial charge in [0, 0.05) is 24.5 Å². The van der Waals surface area contributed by atoms with Crippen LogP contribution >= 0.6 is 0 Å². The van der Waals surface area contributed by atoms with Gasteiger partial charge in [-0.15, -0.1) is 0 Å². The molecule has 1 aromatic heterocycles. The molecule has 1 heterocycles. The molecule has 0 fully saturated rings. The summed E-state index contributed by atoms with van der Waals surface area (Å²) in [7, 11) is 1.69. The lowest BCUT2D eigenvalue weighted by atomic mass is 10.0. The van der Waals surface area contributed by atoms with Gasteiger partial charge in [-0.2, -0.15) is 0 Å². The maximum Gasteiger partial charge on any atom is 0.118 e. The van der Waals surface area contributed by atoms with E-state index in [9.17, 15) is 0 Å². The summed E-state index contributed by atoms with van der Waals surface area (Å²) in [6.45, 7) is 4.36. The molecule has 0 amide bonds. The minimum absolute atomic E-state index is 0.274. The van der Waals surface area contributed by atoms with E-state index in [1.54, 1.807) is 13.3 Å². The van der Waals surface area contributed by atoms with Gasteiger partial charge in [0.25, 0.3) is 0 Å². The minimum atomic E-state index is 0.274. The van der Waals surface area contributed by atoms with Crippen molar-refractivity contribution in [2.24, 2.45) is 0 Å². The summed E-state index contributed by atoms with van der Waals surface area (Å²) in [5.74, 6) is 0.893. The van der Waals surface area contributed by atoms with Crippen LogP contribution in [0.1, 0.15) is 43.5 Å². The van der Waals surface area contributed by atoms with E-state index in [0.717, 1.165) is 12.2 Å². The summed E-state index contributed by atoms with van der Waals surface area (Å²) >= 11 is 0. The summed E-state index contributed by atoms with van der Waals surface area (Å²) in [6.07, 6.45) is 4.76. The second-order valence-electron chi connectivity index (χ2n) is 4.91. The molecular formula is C17H22N2O. The first-order valence-corrected chi connectivity index (χ1v) is 7.04. The Morgan fingerprint density at radius 1 is 1.15 bits per heavy atom. The molecule has 1 aromatic carbocycles. The molecule has 0 radical (unpaired) electrons. The number of nitrogens with zero attached hydrogens (tertiary/aromatic N) is 1. The van der Waals surface area contributed by atoms with Gasteiger partial charge >= 0.3 is 0 Å². The van der Waals surface area contributed by atoms with E-state index in [4.69, 9.17) is 4.74 Å². The third-order valence-electron chi connectivity index (χ3n) is 3.56. The average Bonchev–Trinajstić information content (AvgIpc) is 2.53. The molecule has 0 spiro atoms. The van der Waals surface area contributed by atoms with E-state index >= 15 is 0 Å². The molecule has 0 aliphatic rings. The normalized spacial score (nSPS) is 13.8. The molecule has 1 N–H and O–H groups in total. The highest BCUT2D eigenvalue weighted by atomic mass is 16.5. The zero-order valence-electron chi connectivity index (χ0n) is 12.3. The van der Waals surface area contributed by atoms with Gasteiger partial charge in [0.2, 0.25) is 0 Å². The Balaban J connectivity index is 2.08. The van der Waals surface area contributed by atoms with Gasteiger partial charge in [0.05, 0.1) is 7.11 Å². The van der Waals surface area contributed by atoms with Crippen molar-refractivity contribution in [1.82, 2.24) is 10.3 Å². The van der Waals surface area contributed by atoms with E-state index in [1.165, 1.54) is 11.1 Å². The van der Waals surface area contributed by atoms with E-state index in [2.05, 4.69) is 42.3 Å². The Hall–Kier alpha value is -1.87. The number of nitrogens with one attached hydrogen (secondary N) is 1. The van der Waals surface area contributed by atoms with Crippen molar-refractivity contribution in [3.63, 3.8) is 0 Å². The third-order valence-corrected chi connectivity index (χ3v) is 3.56. The first kappa shape index (κ1) is 14.5. The fourth-order valence-electron chi connectivity index (χ4n) is 2.32. The first-order valence-electron chi connectivity index (χ1n) is 7.04. The Labute approximate surface area is 121 Å². The molecule has 0 bridgehead atoms. The molecule has 106 valence electrons. The summed E-state index contributed by atoms with van der Waals surface area (Å²) in [5, 5.41) is 3.66. The van der Waals surface area contributed by atoms with Crippen LogP contribution in [0.15, 0.2) is 48.8 Å². The van der Waals surface area contributed by atoms with Crippen LogP contribution in [0.2, 0.25) is 0 Å². The Bertz CT molecular complexity index is 510. The summed E-state index contributed by atoms with van der Waals surface area (Å²) in [6, 6.07) is 12.9. The van der Waals surface area contributed by atoms with Crippen molar-refractivity contribution in [2.75, 3.05) is 7.11 Å². The molecule has 0 aliphatic heterocycles. The second-order valence-corrected chi connectivity index (χ2v) is 4.91. The van der Waals surface area contributed by atoms with Gasteiger partial charge in [0.1, 0.15) is 5.75 Å². The molecule has 0 aliphatic carbocycles. The van der Waals surface area contributed by atoms with Gasteiger partial charge in [0.15, 0.2) is 0 Å². The van der Waals surface area contributed by atoms with Crippen LogP contribution in [0.25, 0.3) is 0 Å². The molecular weight excluding hydrogens is 248 g/mol. The van der Waals surface area contributed by atoms with Crippen LogP contribution in [0, 0.1) is 0 Å². The van der Waals surface area contributed by atoms with Gasteiger partial charge in [-0.05, 0) is 42.7 Å². The standard InChI is InChI=1S/C17H22N2O/c1-4-17(14-7-9-16(20-3)10-8-14)19-13(2)15-6-5-11-18-12-15/h5-13,17,19H,4H2,1-3H3. The predicted octanol–water partition coefficient (Wildman–Crippen LogP) is 3.89. The minimum Gasteiger partial charge on any atom is -0.497 e. The van der Waals surface area contributed by atoms with Crippen LogP contribution in [0.3, 0.4) is 0 Å². The fourth-order valence-corrected chi connectivity index (χ4v) is 2.32. The number of aromatic nitrogens is 1. The third kappa shape index (κ3) is 3.58. The highest BCUT2D eigenvalue weighted by Gasteiger charge is 2.13. The zero-order valence-corrected chi connectivity index (χ0v) is 12.3. The quantitative estimate of drug-likeness (QED) is 0.864. The maximum atomic E-state index is 5.20. The zero-order chi connectivity index (χ0) is 14.4. The Morgan fingerprint density at radius 3 is 2.45 bits per heavy atom. The van der Waals surface area contributed by atoms with Gasteiger partial charge in [-0.25, -0.2) is 0 Å². The lowest BCUT2D eigenvalue weighted by Crippen LogP contribution is -2.24. The Kier molecular flexibility index (Phi) is 5.13. The lowest BCUT2D eigenvalue weighted by Gasteiger charge is -2.23. The van der Waals surface area contributed by atoms with Gasteiger partial charge < -0.3 is 10.1 Å². The van der Waals surface area contributed by atoms with Crippen molar-refractivity contribution in [3.05, 3.63) is 59.9 Å². The molecule has 2 rings (SSSR count). The van der Waals surface area contributed by atoms with E-state index in [-0.39, 0.29) is 6.04 Å². The largest absolute Gasteiger partial charge is 0.497 e. The molecule has 20 heavy (non-hydrogen) atoms. The van der Waals surface area contributed by atoms with Crippen LogP contribution in [0.4, 0.5) is 0 Å². The number of methoxy groups -OCH3 is 1. The predicted molar refractivity (Wildman–Crippen MR) is 81.8 cm³/mol. The van der Waals surface area contributed by atoms with E-state index < -0.39 is 0 Å². The van der Waals surface area contributed by atoms with Crippen molar-refractivity contribution in [3.8, 4) is 5.75 Å². The SMILES string of the molecule is CCC(NC(C)c1cccnc1)c1ccc(OC)cc1. The maximum absolute atomic E-state index is 5.20. The van der Waals surface area contributed by atoms with Crippen LogP contribution in [-0.4, -0.2) is 12.1 Å². The summed E-state index contributed by atoms with van der Waals surface area (Å²) in [5.41, 5.74) is 2.49. The molecule has 2 aromatic rings. The fraction of sp³-hybridized carbons (Fsp3) is 0.353. The van der Waals surface area contributed by atoms with Crippen molar-refractivity contribution >= 4 is 0 Å². The molecule has 2 atom stereocenters. The highest BCUT2D eigenvalue weighted by Crippen LogP contribution is 2.23. The van der Waals surface area contributed by atoms with Crippen LogP contribution in [0.5, 0.6) is 5.75 Å². The average molecular weight is 270 g/mol. The Morgan fingerprint density at radius 2 is 1.90 bits per heavy atom. The number of benzene rings is 1. The second kappa shape index (κ2) is 7.06. The van der Waals surface area contributed by atoms with Crippen LogP contribution in [-0.2, 0) is 0 Å². The smallest absolute Gasteiger partial charge is 0.118 e. The van der Waals surface area contributed by atoms with E-state index in [1.807, 2.05) is 24.4 Å². The number of hydrogen-bond donors (Lipinski definition) is 1. The molecule has 3 heteroatoms. The number of rotatable bonds is 6.